The minimum absolute atomic E-state index is 0.0195. The minimum atomic E-state index is -0.952. The number of carbonyl (C=O) groups excluding carboxylic acids is 1. The van der Waals surface area contributed by atoms with Gasteiger partial charge in [0.1, 0.15) is 17.3 Å². The van der Waals surface area contributed by atoms with Crippen LogP contribution in [0.3, 0.4) is 0 Å². The summed E-state index contributed by atoms with van der Waals surface area (Å²) in [5.41, 5.74) is 2.25. The number of alkyl halides is 2. The number of hydrogen-bond donors (Lipinski definition) is 1. The third-order valence-electron chi connectivity index (χ3n) is 6.90. The monoisotopic (exact) mass is 585 g/mol. The number of anilines is 1. The standard InChI is InChI=1S/C28H30Cl3N7O/c1-20-2-4-21(5-3-20)16-33-26(39)14-23-18-36(17-22-6-8-28(30,31)9-7-22)12-13-38(23)25-15-24(29)34-27(35-25)37-11-10-32-19-37/h2-11,15,19,22-23H,12-14,16-18H2,1H3,(H,33,39). The van der Waals surface area contributed by atoms with Crippen LogP contribution in [0.15, 0.2) is 73.4 Å². The molecule has 1 amide bonds. The van der Waals surface area contributed by atoms with Crippen LogP contribution in [-0.2, 0) is 11.3 Å². The highest BCUT2D eigenvalue weighted by Gasteiger charge is 2.32. The maximum atomic E-state index is 13.1. The van der Waals surface area contributed by atoms with Gasteiger partial charge in [-0.1, -0.05) is 76.8 Å². The van der Waals surface area contributed by atoms with E-state index in [1.165, 1.54) is 5.56 Å². The molecule has 5 rings (SSSR count). The fourth-order valence-corrected chi connectivity index (χ4v) is 5.30. The molecule has 1 saturated heterocycles. The van der Waals surface area contributed by atoms with E-state index in [0.29, 0.717) is 43.0 Å². The molecule has 3 aromatic rings. The van der Waals surface area contributed by atoms with E-state index in [-0.39, 0.29) is 17.9 Å². The Morgan fingerprint density at radius 1 is 1.13 bits per heavy atom. The van der Waals surface area contributed by atoms with Gasteiger partial charge in [-0.15, -0.1) is 0 Å². The van der Waals surface area contributed by atoms with Gasteiger partial charge in [-0.25, -0.2) is 9.97 Å². The Hall–Kier alpha value is -2.91. The largest absolute Gasteiger partial charge is 0.352 e. The molecule has 1 atom stereocenters. The summed E-state index contributed by atoms with van der Waals surface area (Å²) in [7, 11) is 0. The number of nitrogens with zero attached hydrogens (tertiary/aromatic N) is 6. The highest BCUT2D eigenvalue weighted by atomic mass is 35.5. The van der Waals surface area contributed by atoms with Crippen molar-refractivity contribution in [3.63, 3.8) is 0 Å². The smallest absolute Gasteiger partial charge is 0.238 e. The molecule has 3 heterocycles. The van der Waals surface area contributed by atoms with Crippen molar-refractivity contribution < 1.29 is 4.79 Å². The Kier molecular flexibility index (Phi) is 8.57. The maximum absolute atomic E-state index is 13.1. The second-order valence-electron chi connectivity index (χ2n) is 9.95. The number of imidazole rings is 1. The molecule has 0 bridgehead atoms. The molecule has 2 aromatic heterocycles. The summed E-state index contributed by atoms with van der Waals surface area (Å²) in [6.07, 6.45) is 13.1. The quantitative estimate of drug-likeness (QED) is 0.233. The number of carbonyl (C=O) groups is 1. The van der Waals surface area contributed by atoms with E-state index in [9.17, 15) is 4.79 Å². The zero-order valence-electron chi connectivity index (χ0n) is 21.6. The maximum Gasteiger partial charge on any atom is 0.238 e. The molecule has 1 fully saturated rings. The van der Waals surface area contributed by atoms with Crippen molar-refractivity contribution in [3.8, 4) is 5.95 Å². The summed E-state index contributed by atoms with van der Waals surface area (Å²) >= 11 is 18.8. The average Bonchev–Trinajstić information content (AvgIpc) is 3.45. The molecule has 39 heavy (non-hydrogen) atoms. The van der Waals surface area contributed by atoms with E-state index < -0.39 is 4.33 Å². The van der Waals surface area contributed by atoms with Gasteiger partial charge in [0.05, 0.1) is 6.04 Å². The average molecular weight is 587 g/mol. The molecule has 11 heteroatoms. The first-order valence-electron chi connectivity index (χ1n) is 12.8. The van der Waals surface area contributed by atoms with Crippen molar-refractivity contribution in [2.45, 2.75) is 30.3 Å². The third kappa shape index (κ3) is 7.39. The molecular weight excluding hydrogens is 557 g/mol. The lowest BCUT2D eigenvalue weighted by Gasteiger charge is -2.42. The molecule has 0 saturated carbocycles. The fraction of sp³-hybridized carbons (Fsp3) is 0.357. The number of nitrogens with one attached hydrogen (secondary N) is 1. The lowest BCUT2D eigenvalue weighted by Crippen LogP contribution is -2.55. The first kappa shape index (κ1) is 27.6. The van der Waals surface area contributed by atoms with Crippen molar-refractivity contribution in [1.82, 2.24) is 29.7 Å². The Bertz CT molecular complexity index is 1330. The van der Waals surface area contributed by atoms with Gasteiger partial charge in [-0.2, -0.15) is 4.98 Å². The van der Waals surface area contributed by atoms with Gasteiger partial charge in [-0.3, -0.25) is 14.3 Å². The van der Waals surface area contributed by atoms with Crippen LogP contribution in [0.4, 0.5) is 5.82 Å². The van der Waals surface area contributed by atoms with Gasteiger partial charge < -0.3 is 10.2 Å². The summed E-state index contributed by atoms with van der Waals surface area (Å²) < 4.78 is 0.761. The molecule has 1 aliphatic carbocycles. The van der Waals surface area contributed by atoms with Gasteiger partial charge in [0.2, 0.25) is 11.9 Å². The number of allylic oxidation sites excluding steroid dienone is 2. The highest BCUT2D eigenvalue weighted by molar-refractivity contribution is 6.51. The molecule has 1 aliphatic heterocycles. The van der Waals surface area contributed by atoms with Crippen LogP contribution in [-0.4, -0.2) is 66.9 Å². The number of benzene rings is 1. The van der Waals surface area contributed by atoms with Crippen molar-refractivity contribution in [1.29, 1.82) is 0 Å². The topological polar surface area (TPSA) is 79.2 Å². The summed E-state index contributed by atoms with van der Waals surface area (Å²) in [6, 6.07) is 9.80. The normalized spacial score (nSPS) is 19.4. The van der Waals surface area contributed by atoms with Crippen LogP contribution in [0.1, 0.15) is 17.5 Å². The van der Waals surface area contributed by atoms with E-state index in [0.717, 1.165) is 18.7 Å². The second kappa shape index (κ2) is 12.1. The molecule has 1 unspecified atom stereocenters. The molecule has 2 aliphatic rings. The predicted molar refractivity (Wildman–Crippen MR) is 156 cm³/mol. The molecule has 1 aromatic carbocycles. The SMILES string of the molecule is Cc1ccc(CNC(=O)CC2CN(CC3C=CC(Cl)(Cl)C=C3)CCN2c2cc(Cl)nc(-n3ccnc3)n2)cc1. The van der Waals surface area contributed by atoms with Crippen molar-refractivity contribution >= 4 is 46.5 Å². The Morgan fingerprint density at radius 3 is 2.62 bits per heavy atom. The Morgan fingerprint density at radius 2 is 1.90 bits per heavy atom. The van der Waals surface area contributed by atoms with E-state index in [1.807, 2.05) is 55.5 Å². The predicted octanol–water partition coefficient (Wildman–Crippen LogP) is 4.74. The van der Waals surface area contributed by atoms with Crippen LogP contribution in [0.2, 0.25) is 5.15 Å². The minimum Gasteiger partial charge on any atom is -0.352 e. The Labute approximate surface area is 243 Å². The summed E-state index contributed by atoms with van der Waals surface area (Å²) in [4.78, 5) is 30.9. The summed E-state index contributed by atoms with van der Waals surface area (Å²) in [6.45, 7) is 5.50. The van der Waals surface area contributed by atoms with E-state index >= 15 is 0 Å². The third-order valence-corrected chi connectivity index (χ3v) is 7.60. The van der Waals surface area contributed by atoms with Gasteiger partial charge in [0.25, 0.3) is 0 Å². The number of aromatic nitrogens is 4. The van der Waals surface area contributed by atoms with Crippen LogP contribution < -0.4 is 10.2 Å². The molecular formula is C28H30Cl3N7O. The first-order chi connectivity index (χ1) is 18.7. The summed E-state index contributed by atoms with van der Waals surface area (Å²) in [5.74, 6) is 1.29. The zero-order valence-corrected chi connectivity index (χ0v) is 23.8. The number of piperazine rings is 1. The van der Waals surface area contributed by atoms with Gasteiger partial charge in [0, 0.05) is 63.5 Å². The number of aryl methyl sites for hydroxylation is 1. The van der Waals surface area contributed by atoms with E-state index in [4.69, 9.17) is 39.8 Å². The van der Waals surface area contributed by atoms with Crippen LogP contribution >= 0.6 is 34.8 Å². The molecule has 8 nitrogen and oxygen atoms in total. The fourth-order valence-electron chi connectivity index (χ4n) is 4.83. The summed E-state index contributed by atoms with van der Waals surface area (Å²) in [5, 5.41) is 3.41. The zero-order chi connectivity index (χ0) is 27.4. The van der Waals surface area contributed by atoms with Crippen molar-refractivity contribution in [3.05, 3.63) is 89.6 Å². The second-order valence-corrected chi connectivity index (χ2v) is 11.8. The highest BCUT2D eigenvalue weighted by Crippen LogP contribution is 2.30. The lowest BCUT2D eigenvalue weighted by molar-refractivity contribution is -0.121. The first-order valence-corrected chi connectivity index (χ1v) is 14.0. The molecule has 0 spiro atoms. The van der Waals surface area contributed by atoms with Gasteiger partial charge in [0.15, 0.2) is 4.33 Å². The van der Waals surface area contributed by atoms with Crippen LogP contribution in [0.25, 0.3) is 5.95 Å². The lowest BCUT2D eigenvalue weighted by atomic mass is 10.0. The number of rotatable bonds is 8. The van der Waals surface area contributed by atoms with E-state index in [1.54, 1.807) is 29.4 Å². The Balaban J connectivity index is 1.32. The number of halogens is 3. The van der Waals surface area contributed by atoms with Gasteiger partial charge >= 0.3 is 0 Å². The van der Waals surface area contributed by atoms with Gasteiger partial charge in [-0.05, 0) is 24.6 Å². The molecule has 0 radical (unpaired) electrons. The number of hydrogen-bond acceptors (Lipinski definition) is 6. The van der Waals surface area contributed by atoms with Crippen molar-refractivity contribution in [2.24, 2.45) is 5.92 Å². The van der Waals surface area contributed by atoms with E-state index in [2.05, 4.69) is 25.1 Å². The molecule has 204 valence electrons. The molecule has 1 N–H and O–H groups in total. The van der Waals surface area contributed by atoms with Crippen LogP contribution in [0.5, 0.6) is 0 Å². The number of amides is 1. The van der Waals surface area contributed by atoms with Crippen LogP contribution in [0, 0.1) is 12.8 Å². The van der Waals surface area contributed by atoms with Crippen molar-refractivity contribution in [2.75, 3.05) is 31.1 Å².